The van der Waals surface area contributed by atoms with E-state index in [4.69, 9.17) is 0 Å². The molecule has 7 heteroatoms. The summed E-state index contributed by atoms with van der Waals surface area (Å²) in [6, 6.07) is 0. The second-order valence-electron chi connectivity index (χ2n) is 6.56. The lowest BCUT2D eigenvalue weighted by Crippen LogP contribution is -2.48. The van der Waals surface area contributed by atoms with Crippen molar-refractivity contribution in [1.29, 1.82) is 0 Å². The first-order valence-corrected chi connectivity index (χ1v) is 7.93. The van der Waals surface area contributed by atoms with E-state index >= 15 is 0 Å². The molecule has 1 aliphatic heterocycles. The first-order chi connectivity index (χ1) is 10.1. The number of tetrazole rings is 1. The molecule has 2 N–H and O–H groups in total. The fraction of sp³-hybridized carbons (Fsp3) is 0.929. The molecular formula is C14H25N5O2. The van der Waals surface area contributed by atoms with Crippen molar-refractivity contribution in [2.45, 2.75) is 56.1 Å². The Labute approximate surface area is 124 Å². The van der Waals surface area contributed by atoms with Crippen LogP contribution in [0.4, 0.5) is 0 Å². The third-order valence-electron chi connectivity index (χ3n) is 5.13. The Balaban J connectivity index is 1.51. The van der Waals surface area contributed by atoms with Crippen LogP contribution in [0.15, 0.2) is 0 Å². The minimum atomic E-state index is -0.857. The van der Waals surface area contributed by atoms with E-state index < -0.39 is 11.7 Å². The van der Waals surface area contributed by atoms with Crippen molar-refractivity contribution in [1.82, 2.24) is 25.1 Å². The second kappa shape index (κ2) is 5.98. The van der Waals surface area contributed by atoms with Crippen LogP contribution < -0.4 is 0 Å². The topological polar surface area (TPSA) is 87.3 Å². The van der Waals surface area contributed by atoms with Crippen LogP contribution in [0.1, 0.15) is 50.3 Å². The number of aromatic nitrogens is 4. The minimum absolute atomic E-state index is 0.396. The smallest absolute Gasteiger partial charge is 0.154 e. The van der Waals surface area contributed by atoms with E-state index in [1.54, 1.807) is 4.68 Å². The molecule has 0 radical (unpaired) electrons. The molecule has 1 atom stereocenters. The third-order valence-corrected chi connectivity index (χ3v) is 5.13. The molecule has 1 aromatic heterocycles. The van der Waals surface area contributed by atoms with Gasteiger partial charge in [-0.2, -0.15) is 0 Å². The Morgan fingerprint density at radius 1 is 1.29 bits per heavy atom. The highest BCUT2D eigenvalue weighted by atomic mass is 16.3. The van der Waals surface area contributed by atoms with Gasteiger partial charge in [-0.1, -0.05) is 12.8 Å². The van der Waals surface area contributed by atoms with Gasteiger partial charge in [-0.15, -0.1) is 5.10 Å². The van der Waals surface area contributed by atoms with Crippen molar-refractivity contribution < 1.29 is 10.2 Å². The fourth-order valence-electron chi connectivity index (χ4n) is 3.69. The fourth-order valence-corrected chi connectivity index (χ4v) is 3.69. The largest absolute Gasteiger partial charge is 0.389 e. The molecule has 0 amide bonds. The highest BCUT2D eigenvalue weighted by Crippen LogP contribution is 2.33. The number of piperidine rings is 1. The summed E-state index contributed by atoms with van der Waals surface area (Å²) in [5.74, 6) is 1.34. The van der Waals surface area contributed by atoms with Crippen LogP contribution in [-0.2, 0) is 7.05 Å². The van der Waals surface area contributed by atoms with Crippen LogP contribution in [0.25, 0.3) is 0 Å². The monoisotopic (exact) mass is 295 g/mol. The van der Waals surface area contributed by atoms with Crippen LogP contribution in [0.3, 0.4) is 0 Å². The van der Waals surface area contributed by atoms with E-state index in [0.717, 1.165) is 57.4 Å². The van der Waals surface area contributed by atoms with Crippen LogP contribution in [0.2, 0.25) is 0 Å². The van der Waals surface area contributed by atoms with Crippen molar-refractivity contribution in [3.8, 4) is 0 Å². The summed E-state index contributed by atoms with van der Waals surface area (Å²) >= 11 is 0. The van der Waals surface area contributed by atoms with E-state index in [9.17, 15) is 10.2 Å². The summed E-state index contributed by atoms with van der Waals surface area (Å²) in [6.07, 6.45) is 4.88. The highest BCUT2D eigenvalue weighted by Gasteiger charge is 2.39. The Morgan fingerprint density at radius 2 is 1.95 bits per heavy atom. The first kappa shape index (κ1) is 14.9. The van der Waals surface area contributed by atoms with Gasteiger partial charge >= 0.3 is 0 Å². The summed E-state index contributed by atoms with van der Waals surface area (Å²) in [6.45, 7) is 2.41. The van der Waals surface area contributed by atoms with Crippen LogP contribution in [-0.4, -0.2) is 66.7 Å². The van der Waals surface area contributed by atoms with E-state index in [2.05, 4.69) is 20.4 Å². The number of rotatable bonds is 4. The number of likely N-dealkylation sites (tertiary alicyclic amines) is 1. The Hall–Kier alpha value is -1.05. The predicted molar refractivity (Wildman–Crippen MR) is 76.6 cm³/mol. The van der Waals surface area contributed by atoms with E-state index in [1.807, 2.05) is 7.05 Å². The molecular weight excluding hydrogens is 270 g/mol. The zero-order valence-corrected chi connectivity index (χ0v) is 12.6. The standard InChI is InChI=1S/C14H25N5O2/c1-18-13(15-16-17-18)11-4-8-19(9-5-11)10-12(20)14(21)6-2-3-7-14/h11-12,20-21H,2-10H2,1H3. The lowest BCUT2D eigenvalue weighted by atomic mass is 9.92. The number of nitrogens with zero attached hydrogens (tertiary/aromatic N) is 5. The normalized spacial score (nSPS) is 25.3. The van der Waals surface area contributed by atoms with Crippen molar-refractivity contribution in [2.24, 2.45) is 7.05 Å². The molecule has 7 nitrogen and oxygen atoms in total. The molecule has 0 spiro atoms. The minimum Gasteiger partial charge on any atom is -0.389 e. The quantitative estimate of drug-likeness (QED) is 0.816. The average Bonchev–Trinajstić information content (AvgIpc) is 3.09. The maximum atomic E-state index is 10.4. The van der Waals surface area contributed by atoms with Crippen LogP contribution in [0, 0.1) is 0 Å². The summed E-state index contributed by atoms with van der Waals surface area (Å²) in [4.78, 5) is 2.25. The molecule has 1 aromatic rings. The number of β-amino-alcohol motifs (C(OH)–C–C–N with tert-alkyl or cyclic N) is 1. The molecule has 118 valence electrons. The van der Waals surface area contributed by atoms with Crippen LogP contribution in [0.5, 0.6) is 0 Å². The maximum absolute atomic E-state index is 10.4. The van der Waals surface area contributed by atoms with Gasteiger partial charge in [0.25, 0.3) is 0 Å². The summed E-state index contributed by atoms with van der Waals surface area (Å²) < 4.78 is 1.75. The number of aliphatic hydroxyl groups excluding tert-OH is 1. The zero-order valence-electron chi connectivity index (χ0n) is 12.6. The van der Waals surface area contributed by atoms with Gasteiger partial charge in [0.15, 0.2) is 5.82 Å². The molecule has 0 bridgehead atoms. The van der Waals surface area contributed by atoms with Gasteiger partial charge in [-0.25, -0.2) is 4.68 Å². The Kier molecular flexibility index (Phi) is 4.24. The van der Waals surface area contributed by atoms with Crippen molar-refractivity contribution >= 4 is 0 Å². The molecule has 1 unspecified atom stereocenters. The zero-order chi connectivity index (χ0) is 14.9. The molecule has 2 aliphatic rings. The Bertz CT molecular complexity index is 464. The summed E-state index contributed by atoms with van der Waals surface area (Å²) in [5, 5.41) is 32.4. The van der Waals surface area contributed by atoms with Crippen LogP contribution >= 0.6 is 0 Å². The van der Waals surface area contributed by atoms with E-state index in [1.165, 1.54) is 0 Å². The number of hydrogen-bond acceptors (Lipinski definition) is 6. The lowest BCUT2D eigenvalue weighted by molar-refractivity contribution is -0.0832. The van der Waals surface area contributed by atoms with E-state index in [-0.39, 0.29) is 0 Å². The first-order valence-electron chi connectivity index (χ1n) is 7.93. The third kappa shape index (κ3) is 3.09. The molecule has 1 saturated heterocycles. The maximum Gasteiger partial charge on any atom is 0.154 e. The van der Waals surface area contributed by atoms with Crippen molar-refractivity contribution in [3.63, 3.8) is 0 Å². The number of aryl methyl sites for hydroxylation is 1. The molecule has 21 heavy (non-hydrogen) atoms. The van der Waals surface area contributed by atoms with Gasteiger partial charge < -0.3 is 15.1 Å². The van der Waals surface area contributed by atoms with Gasteiger partial charge in [0, 0.05) is 19.5 Å². The Morgan fingerprint density at radius 3 is 2.52 bits per heavy atom. The SMILES string of the molecule is Cn1nnnc1C1CCN(CC(O)C2(O)CCCC2)CC1. The van der Waals surface area contributed by atoms with Gasteiger partial charge in [0.05, 0.1) is 11.7 Å². The van der Waals surface area contributed by atoms with E-state index in [0.29, 0.717) is 12.5 Å². The average molecular weight is 295 g/mol. The molecule has 2 heterocycles. The number of hydrogen-bond donors (Lipinski definition) is 2. The molecule has 0 aromatic carbocycles. The summed E-state index contributed by atoms with van der Waals surface area (Å²) in [7, 11) is 1.88. The molecule has 2 fully saturated rings. The van der Waals surface area contributed by atoms with Crippen molar-refractivity contribution in [3.05, 3.63) is 5.82 Å². The lowest BCUT2D eigenvalue weighted by Gasteiger charge is -2.36. The molecule has 1 aliphatic carbocycles. The molecule has 3 rings (SSSR count). The van der Waals surface area contributed by atoms with Gasteiger partial charge in [-0.3, -0.25) is 0 Å². The highest BCUT2D eigenvalue weighted by molar-refractivity contribution is 4.97. The van der Waals surface area contributed by atoms with Gasteiger partial charge in [0.1, 0.15) is 0 Å². The molecule has 1 saturated carbocycles. The van der Waals surface area contributed by atoms with Crippen molar-refractivity contribution in [2.75, 3.05) is 19.6 Å². The second-order valence-corrected chi connectivity index (χ2v) is 6.56. The van der Waals surface area contributed by atoms with Gasteiger partial charge in [-0.05, 0) is 49.2 Å². The predicted octanol–water partition coefficient (Wildman–Crippen LogP) is 0.0555. The number of aliphatic hydroxyl groups is 2. The van der Waals surface area contributed by atoms with Gasteiger partial charge in [0.2, 0.25) is 0 Å². The summed E-state index contributed by atoms with van der Waals surface area (Å²) in [5.41, 5.74) is -0.857.